The lowest BCUT2D eigenvalue weighted by Gasteiger charge is -2.10. The van der Waals surface area contributed by atoms with Crippen molar-refractivity contribution >= 4 is 23.1 Å². The first-order valence-corrected chi connectivity index (χ1v) is 7.66. The quantitative estimate of drug-likeness (QED) is 0.525. The molecule has 2 N–H and O–H groups in total. The fourth-order valence-electron chi connectivity index (χ4n) is 2.27. The van der Waals surface area contributed by atoms with E-state index in [4.69, 9.17) is 0 Å². The summed E-state index contributed by atoms with van der Waals surface area (Å²) in [5, 5.41) is 4.94. The summed E-state index contributed by atoms with van der Waals surface area (Å²) < 4.78 is 53.4. The van der Waals surface area contributed by atoms with Crippen LogP contribution in [0.15, 0.2) is 42.5 Å². The third-order valence-electron chi connectivity index (χ3n) is 3.45. The van der Waals surface area contributed by atoms with E-state index in [9.17, 15) is 22.4 Å². The summed E-state index contributed by atoms with van der Waals surface area (Å²) in [5.74, 6) is -5.38. The van der Waals surface area contributed by atoms with Crippen LogP contribution in [0.5, 0.6) is 0 Å². The molecule has 9 heteroatoms. The summed E-state index contributed by atoms with van der Waals surface area (Å²) in [6, 6.07) is 8.22. The highest BCUT2D eigenvalue weighted by Gasteiger charge is 2.16. The Labute approximate surface area is 151 Å². The van der Waals surface area contributed by atoms with Gasteiger partial charge in [-0.1, -0.05) is 6.07 Å². The van der Waals surface area contributed by atoms with Crippen molar-refractivity contribution < 1.29 is 22.4 Å². The molecule has 5 nitrogen and oxygen atoms in total. The standard InChI is InChI=1S/C18H12F4N4O/c1-9-23-14(18(27)25-11-4-2-3-10(19)7-11)8-15(24-9)26-13-6-5-12(20)16(21)17(13)22/h2-8H,1H3,(H,25,27)(H,23,24,26). The first-order chi connectivity index (χ1) is 12.8. The Bertz CT molecular complexity index is 1030. The van der Waals surface area contributed by atoms with Crippen LogP contribution in [0, 0.1) is 30.2 Å². The molecule has 3 aromatic rings. The lowest BCUT2D eigenvalue weighted by molar-refractivity contribution is 0.102. The Morgan fingerprint density at radius 2 is 1.74 bits per heavy atom. The van der Waals surface area contributed by atoms with E-state index < -0.39 is 29.2 Å². The number of hydrogen-bond donors (Lipinski definition) is 2. The number of rotatable bonds is 4. The molecule has 0 unspecified atom stereocenters. The summed E-state index contributed by atoms with van der Waals surface area (Å²) in [5.41, 5.74) is -0.224. The summed E-state index contributed by atoms with van der Waals surface area (Å²) in [6.07, 6.45) is 0. The fourth-order valence-corrected chi connectivity index (χ4v) is 2.27. The van der Waals surface area contributed by atoms with Crippen molar-refractivity contribution in [2.45, 2.75) is 6.92 Å². The lowest BCUT2D eigenvalue weighted by atomic mass is 10.2. The summed E-state index contributed by atoms with van der Waals surface area (Å²) in [6.45, 7) is 1.49. The monoisotopic (exact) mass is 376 g/mol. The second kappa shape index (κ2) is 7.40. The minimum atomic E-state index is -1.63. The number of carbonyl (C=O) groups is 1. The Morgan fingerprint density at radius 3 is 2.48 bits per heavy atom. The number of nitrogens with one attached hydrogen (secondary N) is 2. The Morgan fingerprint density at radius 1 is 0.963 bits per heavy atom. The molecular weight excluding hydrogens is 364 g/mol. The molecule has 1 aromatic heterocycles. The van der Waals surface area contributed by atoms with Crippen LogP contribution in [0.25, 0.3) is 0 Å². The van der Waals surface area contributed by atoms with Crippen molar-refractivity contribution in [3.8, 4) is 0 Å². The first kappa shape index (κ1) is 18.3. The van der Waals surface area contributed by atoms with Gasteiger partial charge in [0.2, 0.25) is 0 Å². The first-order valence-electron chi connectivity index (χ1n) is 7.66. The van der Waals surface area contributed by atoms with Crippen LogP contribution in [0.1, 0.15) is 16.3 Å². The molecule has 0 saturated carbocycles. The van der Waals surface area contributed by atoms with Crippen LogP contribution in [0.2, 0.25) is 0 Å². The van der Waals surface area contributed by atoms with E-state index in [0.717, 1.165) is 18.2 Å². The zero-order valence-corrected chi connectivity index (χ0v) is 13.9. The van der Waals surface area contributed by atoms with Crippen LogP contribution in [0.4, 0.5) is 34.8 Å². The number of nitrogens with zero attached hydrogens (tertiary/aromatic N) is 2. The van der Waals surface area contributed by atoms with E-state index in [-0.39, 0.29) is 28.7 Å². The molecule has 3 rings (SSSR count). The lowest BCUT2D eigenvalue weighted by Crippen LogP contribution is -2.15. The number of aromatic nitrogens is 2. The molecule has 2 aromatic carbocycles. The summed E-state index contributed by atoms with van der Waals surface area (Å²) in [7, 11) is 0. The molecule has 138 valence electrons. The number of halogens is 4. The van der Waals surface area contributed by atoms with Gasteiger partial charge < -0.3 is 10.6 Å². The van der Waals surface area contributed by atoms with Crippen LogP contribution in [0.3, 0.4) is 0 Å². The van der Waals surface area contributed by atoms with E-state index in [1.807, 2.05) is 0 Å². The topological polar surface area (TPSA) is 66.9 Å². The molecule has 1 amide bonds. The summed E-state index contributed by atoms with van der Waals surface area (Å²) >= 11 is 0. The van der Waals surface area contributed by atoms with E-state index in [2.05, 4.69) is 20.6 Å². The third-order valence-corrected chi connectivity index (χ3v) is 3.45. The highest BCUT2D eigenvalue weighted by atomic mass is 19.2. The van der Waals surface area contributed by atoms with Crippen molar-refractivity contribution in [2.75, 3.05) is 10.6 Å². The smallest absolute Gasteiger partial charge is 0.274 e. The number of aryl methyl sites for hydroxylation is 1. The van der Waals surface area contributed by atoms with Crippen LogP contribution in [-0.4, -0.2) is 15.9 Å². The van der Waals surface area contributed by atoms with Crippen LogP contribution < -0.4 is 10.6 Å². The summed E-state index contributed by atoms with van der Waals surface area (Å²) in [4.78, 5) is 20.3. The van der Waals surface area contributed by atoms with Crippen LogP contribution >= 0.6 is 0 Å². The predicted molar refractivity (Wildman–Crippen MR) is 90.7 cm³/mol. The van der Waals surface area contributed by atoms with Crippen molar-refractivity contribution in [3.63, 3.8) is 0 Å². The zero-order chi connectivity index (χ0) is 19.6. The van der Waals surface area contributed by atoms with Gasteiger partial charge in [-0.3, -0.25) is 4.79 Å². The number of benzene rings is 2. The average molecular weight is 376 g/mol. The SMILES string of the molecule is Cc1nc(Nc2ccc(F)c(F)c2F)cc(C(=O)Nc2cccc(F)c2)n1. The molecule has 0 radical (unpaired) electrons. The maximum atomic E-state index is 13.8. The van der Waals surface area contributed by atoms with Gasteiger partial charge in [0, 0.05) is 11.8 Å². The normalized spacial score (nSPS) is 10.6. The predicted octanol–water partition coefficient (Wildman–Crippen LogP) is 4.34. The molecule has 0 bridgehead atoms. The van der Waals surface area contributed by atoms with Gasteiger partial charge in [-0.15, -0.1) is 0 Å². The van der Waals surface area contributed by atoms with Gasteiger partial charge in [0.25, 0.3) is 5.91 Å². The second-order valence-corrected chi connectivity index (χ2v) is 5.50. The molecular formula is C18H12F4N4O. The largest absolute Gasteiger partial charge is 0.338 e. The number of hydrogen-bond acceptors (Lipinski definition) is 4. The third kappa shape index (κ3) is 4.20. The number of anilines is 3. The molecule has 0 aliphatic heterocycles. The Balaban J connectivity index is 1.86. The van der Waals surface area contributed by atoms with Gasteiger partial charge >= 0.3 is 0 Å². The van der Waals surface area contributed by atoms with Gasteiger partial charge in [-0.25, -0.2) is 27.5 Å². The molecule has 0 fully saturated rings. The molecule has 0 atom stereocenters. The van der Waals surface area contributed by atoms with Crippen molar-refractivity contribution in [3.05, 3.63) is 77.3 Å². The van der Waals surface area contributed by atoms with Gasteiger partial charge in [-0.2, -0.15) is 0 Å². The van der Waals surface area contributed by atoms with Gasteiger partial charge in [0.15, 0.2) is 17.5 Å². The average Bonchev–Trinajstić information content (AvgIpc) is 2.62. The fraction of sp³-hybridized carbons (Fsp3) is 0.0556. The second-order valence-electron chi connectivity index (χ2n) is 5.50. The minimum Gasteiger partial charge on any atom is -0.338 e. The molecule has 27 heavy (non-hydrogen) atoms. The van der Waals surface area contributed by atoms with Gasteiger partial charge in [0.1, 0.15) is 23.2 Å². The van der Waals surface area contributed by atoms with Gasteiger partial charge in [-0.05, 0) is 37.3 Å². The Hall–Kier alpha value is -3.49. The maximum absolute atomic E-state index is 13.8. The van der Waals surface area contributed by atoms with Crippen LogP contribution in [-0.2, 0) is 0 Å². The van der Waals surface area contributed by atoms with E-state index in [1.165, 1.54) is 31.2 Å². The Kier molecular flexibility index (Phi) is 5.02. The molecule has 0 spiro atoms. The zero-order valence-electron chi connectivity index (χ0n) is 13.9. The highest BCUT2D eigenvalue weighted by molar-refractivity contribution is 6.03. The molecule has 0 saturated heterocycles. The molecule has 1 heterocycles. The highest BCUT2D eigenvalue weighted by Crippen LogP contribution is 2.23. The van der Waals surface area contributed by atoms with Crippen molar-refractivity contribution in [1.29, 1.82) is 0 Å². The van der Waals surface area contributed by atoms with Gasteiger partial charge in [0.05, 0.1) is 5.69 Å². The maximum Gasteiger partial charge on any atom is 0.274 e. The number of carbonyl (C=O) groups excluding carboxylic acids is 1. The number of amides is 1. The van der Waals surface area contributed by atoms with E-state index in [1.54, 1.807) is 0 Å². The molecule has 0 aliphatic rings. The molecule has 0 aliphatic carbocycles. The van der Waals surface area contributed by atoms with Crippen molar-refractivity contribution in [2.24, 2.45) is 0 Å². The van der Waals surface area contributed by atoms with E-state index in [0.29, 0.717) is 0 Å². The van der Waals surface area contributed by atoms with Crippen molar-refractivity contribution in [1.82, 2.24) is 9.97 Å². The van der Waals surface area contributed by atoms with E-state index >= 15 is 0 Å². The minimum absolute atomic E-state index is 0.00296.